The first kappa shape index (κ1) is 26.9. The van der Waals surface area contributed by atoms with Crippen LogP contribution in [0.2, 0.25) is 0 Å². The lowest BCUT2D eigenvalue weighted by atomic mass is 9.95. The van der Waals surface area contributed by atoms with Crippen molar-refractivity contribution in [1.82, 2.24) is 25.6 Å². The third kappa shape index (κ3) is 6.21. The van der Waals surface area contributed by atoms with E-state index in [4.69, 9.17) is 10.3 Å². The van der Waals surface area contributed by atoms with Crippen molar-refractivity contribution >= 4 is 33.4 Å². The van der Waals surface area contributed by atoms with Gasteiger partial charge in [-0.25, -0.2) is 10.5 Å². The van der Waals surface area contributed by atoms with Gasteiger partial charge in [0.05, 0.1) is 28.1 Å². The normalized spacial score (nSPS) is 13.8. The van der Waals surface area contributed by atoms with Crippen molar-refractivity contribution in [1.29, 1.82) is 0 Å². The number of hydrogen-bond donors (Lipinski definition) is 3. The van der Waals surface area contributed by atoms with Crippen molar-refractivity contribution in [2.75, 3.05) is 0 Å². The van der Waals surface area contributed by atoms with E-state index in [0.29, 0.717) is 23.5 Å². The van der Waals surface area contributed by atoms with Crippen LogP contribution in [0.4, 0.5) is 0 Å². The van der Waals surface area contributed by atoms with E-state index in [0.717, 1.165) is 58.4 Å². The molecule has 3 N–H and O–H groups in total. The first-order chi connectivity index (χ1) is 20.1. The molecule has 2 aromatic heterocycles. The summed E-state index contributed by atoms with van der Waals surface area (Å²) < 4.78 is 2.92. The summed E-state index contributed by atoms with van der Waals surface area (Å²) in [6.07, 6.45) is 6.34. The van der Waals surface area contributed by atoms with Gasteiger partial charge in [0.1, 0.15) is 0 Å². The van der Waals surface area contributed by atoms with Crippen LogP contribution in [0, 0.1) is 0 Å². The Kier molecular flexibility index (Phi) is 7.89. The highest BCUT2D eigenvalue weighted by Crippen LogP contribution is 2.30. The van der Waals surface area contributed by atoms with E-state index in [1.54, 1.807) is 17.6 Å². The van der Waals surface area contributed by atoms with Crippen molar-refractivity contribution in [3.63, 3.8) is 0 Å². The molecule has 1 fully saturated rings. The number of carbonyl (C=O) groups excluding carboxylic acids is 2. The quantitative estimate of drug-likeness (QED) is 0.158. The Bertz CT molecular complexity index is 1670. The lowest BCUT2D eigenvalue weighted by Crippen LogP contribution is -2.36. The number of nitrogens with zero attached hydrogens (tertiary/aromatic N) is 3. The number of carbonyl (C=O) groups is 2. The predicted molar refractivity (Wildman–Crippen MR) is 159 cm³/mol. The molecule has 5 aromatic rings. The molecule has 1 aliphatic rings. The van der Waals surface area contributed by atoms with Crippen molar-refractivity contribution in [3.8, 4) is 11.3 Å². The number of hydroxylamine groups is 1. The van der Waals surface area contributed by atoms with Gasteiger partial charge in [-0.05, 0) is 54.3 Å². The number of hydrogen-bond acceptors (Lipinski definition) is 6. The Morgan fingerprint density at radius 2 is 1.68 bits per heavy atom. The van der Waals surface area contributed by atoms with E-state index in [9.17, 15) is 9.59 Å². The number of rotatable bonds is 8. The second-order valence-corrected chi connectivity index (χ2v) is 11.5. The van der Waals surface area contributed by atoms with Crippen molar-refractivity contribution < 1.29 is 14.8 Å². The summed E-state index contributed by atoms with van der Waals surface area (Å²) in [6.45, 7) is 0.501. The third-order valence-corrected chi connectivity index (χ3v) is 8.54. The zero-order chi connectivity index (χ0) is 28.2. The summed E-state index contributed by atoms with van der Waals surface area (Å²) in [6, 6.07) is 25.7. The molecule has 9 heteroatoms. The smallest absolute Gasteiger partial charge is 0.280 e. The van der Waals surface area contributed by atoms with E-state index in [1.165, 1.54) is 23.3 Å². The zero-order valence-corrected chi connectivity index (χ0v) is 23.4. The van der Waals surface area contributed by atoms with Crippen LogP contribution in [0.25, 0.3) is 21.5 Å². The van der Waals surface area contributed by atoms with Gasteiger partial charge in [0, 0.05) is 23.6 Å². The number of benzene rings is 3. The van der Waals surface area contributed by atoms with E-state index >= 15 is 0 Å². The van der Waals surface area contributed by atoms with Crippen molar-refractivity contribution in [2.45, 2.75) is 51.1 Å². The molecule has 0 atom stereocenters. The van der Waals surface area contributed by atoms with Gasteiger partial charge in [0.15, 0.2) is 5.01 Å². The van der Waals surface area contributed by atoms with Gasteiger partial charge < -0.3 is 5.32 Å². The van der Waals surface area contributed by atoms with Gasteiger partial charge in [-0.2, -0.15) is 5.10 Å². The second-order valence-electron chi connectivity index (χ2n) is 10.5. The average molecular weight is 566 g/mol. The number of nitrogens with one attached hydrogen (secondary N) is 2. The second kappa shape index (κ2) is 12.0. The minimum absolute atomic E-state index is 0.0897. The molecule has 1 saturated carbocycles. The molecule has 41 heavy (non-hydrogen) atoms. The van der Waals surface area contributed by atoms with Gasteiger partial charge in [-0.3, -0.25) is 19.5 Å². The maximum atomic E-state index is 12.9. The number of amides is 2. The monoisotopic (exact) mass is 565 g/mol. The molecule has 6 rings (SSSR count). The first-order valence-electron chi connectivity index (χ1n) is 13.9. The van der Waals surface area contributed by atoms with Gasteiger partial charge >= 0.3 is 0 Å². The molecule has 0 bridgehead atoms. The minimum atomic E-state index is -0.550. The molecule has 208 valence electrons. The summed E-state index contributed by atoms with van der Waals surface area (Å²) in [7, 11) is 0. The lowest BCUT2D eigenvalue weighted by Gasteiger charge is -2.22. The highest BCUT2D eigenvalue weighted by Gasteiger charge is 2.20. The maximum Gasteiger partial charge on any atom is 0.280 e. The fourth-order valence-electron chi connectivity index (χ4n) is 5.39. The molecule has 0 unspecified atom stereocenters. The van der Waals surface area contributed by atoms with Gasteiger partial charge in [0.25, 0.3) is 11.8 Å². The van der Waals surface area contributed by atoms with Crippen LogP contribution in [0.5, 0.6) is 0 Å². The Labute approximate surface area is 242 Å². The Hall–Kier alpha value is -4.34. The summed E-state index contributed by atoms with van der Waals surface area (Å²) in [4.78, 5) is 29.3. The summed E-state index contributed by atoms with van der Waals surface area (Å²) in [5.41, 5.74) is 7.88. The van der Waals surface area contributed by atoms with Crippen LogP contribution in [-0.2, 0) is 13.0 Å². The number of fused-ring (bicyclic) bond motifs is 1. The summed E-state index contributed by atoms with van der Waals surface area (Å²) >= 11 is 1.42. The van der Waals surface area contributed by atoms with E-state index in [2.05, 4.69) is 34.6 Å². The minimum Gasteiger partial charge on any atom is -0.347 e. The molecule has 2 amide bonds. The molecule has 0 aliphatic heterocycles. The topological polar surface area (TPSA) is 109 Å². The molecule has 8 nitrogen and oxygen atoms in total. The lowest BCUT2D eigenvalue weighted by molar-refractivity contribution is 0.0706. The maximum absolute atomic E-state index is 12.9. The number of aromatic nitrogens is 3. The van der Waals surface area contributed by atoms with E-state index in [1.807, 2.05) is 47.1 Å². The molecule has 1 aliphatic carbocycles. The van der Waals surface area contributed by atoms with Crippen molar-refractivity contribution in [3.05, 3.63) is 106 Å². The van der Waals surface area contributed by atoms with Crippen LogP contribution >= 0.6 is 11.3 Å². The summed E-state index contributed by atoms with van der Waals surface area (Å²) in [5, 5.41) is 17.5. The summed E-state index contributed by atoms with van der Waals surface area (Å²) in [5.74, 6) is -0.640. The van der Waals surface area contributed by atoms with E-state index in [-0.39, 0.29) is 11.9 Å². The first-order valence-corrected chi connectivity index (χ1v) is 14.7. The van der Waals surface area contributed by atoms with Crippen LogP contribution in [-0.4, -0.2) is 37.8 Å². The van der Waals surface area contributed by atoms with Gasteiger partial charge in [0.2, 0.25) is 0 Å². The largest absolute Gasteiger partial charge is 0.347 e. The molecule has 3 aromatic carbocycles. The van der Waals surface area contributed by atoms with Crippen LogP contribution in [0.3, 0.4) is 0 Å². The molecular weight excluding hydrogens is 534 g/mol. The van der Waals surface area contributed by atoms with Crippen LogP contribution in [0.1, 0.15) is 69.1 Å². The highest BCUT2D eigenvalue weighted by atomic mass is 32.1. The fraction of sp³-hybridized carbons (Fsp3) is 0.250. The standard InChI is InChI=1S/C32H31N5O3S/c38-30(36-40)23-13-11-22(12-14-23)20-37-28(19-26(35-37)17-21-7-3-1-4-8-21)24-15-16-27-29(18-24)41-32(34-27)31(39)33-25-9-5-2-6-10-25/h1,3-4,7-8,11-16,18-19,25,40H,2,5-6,9-10,17,20H2,(H,33,39)(H,36,38). The zero-order valence-electron chi connectivity index (χ0n) is 22.5. The Morgan fingerprint density at radius 3 is 2.44 bits per heavy atom. The third-order valence-electron chi connectivity index (χ3n) is 7.53. The molecule has 0 saturated heterocycles. The van der Waals surface area contributed by atoms with Gasteiger partial charge in [-0.15, -0.1) is 11.3 Å². The molecule has 0 spiro atoms. The molecular formula is C32H31N5O3S. The Morgan fingerprint density at radius 1 is 0.902 bits per heavy atom. The SMILES string of the molecule is O=C(NO)c1ccc(Cn2nc(Cc3ccccc3)cc2-c2ccc3nc(C(=O)NC4CCCCC4)sc3c2)cc1. The number of thiazole rings is 1. The van der Waals surface area contributed by atoms with Crippen LogP contribution < -0.4 is 10.8 Å². The van der Waals surface area contributed by atoms with E-state index < -0.39 is 5.91 Å². The van der Waals surface area contributed by atoms with Crippen molar-refractivity contribution in [2.24, 2.45) is 0 Å². The fourth-order valence-corrected chi connectivity index (χ4v) is 6.30. The van der Waals surface area contributed by atoms with Crippen LogP contribution in [0.15, 0.2) is 78.9 Å². The average Bonchev–Trinajstić information content (AvgIpc) is 3.62. The molecule has 2 heterocycles. The molecule has 0 radical (unpaired) electrons. The predicted octanol–water partition coefficient (Wildman–Crippen LogP) is 5.98. The highest BCUT2D eigenvalue weighted by molar-refractivity contribution is 7.20. The van der Waals surface area contributed by atoms with Gasteiger partial charge in [-0.1, -0.05) is 67.8 Å². The Balaban J connectivity index is 1.30.